The predicted molar refractivity (Wildman–Crippen MR) is 98.4 cm³/mol. The molecule has 2 N–H and O–H groups in total. The first-order chi connectivity index (χ1) is 12.5. The van der Waals surface area contributed by atoms with Gasteiger partial charge in [-0.05, 0) is 44.2 Å². The molecule has 2 unspecified atom stereocenters. The van der Waals surface area contributed by atoms with E-state index in [1.807, 2.05) is 47.4 Å². The number of amides is 1. The van der Waals surface area contributed by atoms with Gasteiger partial charge in [0.15, 0.2) is 5.75 Å². The van der Waals surface area contributed by atoms with E-state index in [9.17, 15) is 9.59 Å². The van der Waals surface area contributed by atoms with Gasteiger partial charge in [0.2, 0.25) is 5.91 Å². The number of carboxylic acids is 1. The molecule has 1 fully saturated rings. The lowest BCUT2D eigenvalue weighted by Crippen LogP contribution is -2.41. The quantitative estimate of drug-likeness (QED) is 0.833. The van der Waals surface area contributed by atoms with Crippen LogP contribution in [0, 0.1) is 5.92 Å². The number of para-hydroxylation sites is 3. The van der Waals surface area contributed by atoms with Crippen molar-refractivity contribution in [1.29, 1.82) is 0 Å². The number of ether oxygens (including phenoxy) is 1. The van der Waals surface area contributed by atoms with Crippen molar-refractivity contribution >= 4 is 17.6 Å². The Morgan fingerprint density at radius 1 is 1.15 bits per heavy atom. The van der Waals surface area contributed by atoms with Crippen molar-refractivity contribution in [2.75, 3.05) is 18.4 Å². The molecule has 1 saturated heterocycles. The van der Waals surface area contributed by atoms with E-state index in [1.54, 1.807) is 19.1 Å². The SMILES string of the molecule is CC(C(=O)Nc1ccccc1Oc1ccccc1)N1CCC(C(=O)O)C1. The van der Waals surface area contributed by atoms with Crippen LogP contribution in [0.5, 0.6) is 11.5 Å². The molecule has 1 aliphatic heterocycles. The standard InChI is InChI=1S/C20H22N2O4/c1-14(22-12-11-15(13-22)20(24)25)19(23)21-17-9-5-6-10-18(17)26-16-7-3-2-4-8-16/h2-10,14-15H,11-13H2,1H3,(H,21,23)(H,24,25). The first-order valence-electron chi connectivity index (χ1n) is 8.64. The molecule has 0 aromatic heterocycles. The van der Waals surface area contributed by atoms with Gasteiger partial charge in [0.1, 0.15) is 5.75 Å². The van der Waals surface area contributed by atoms with Crippen LogP contribution in [-0.4, -0.2) is 41.0 Å². The largest absolute Gasteiger partial charge is 0.481 e. The first-order valence-corrected chi connectivity index (χ1v) is 8.64. The molecule has 1 heterocycles. The van der Waals surface area contributed by atoms with Gasteiger partial charge >= 0.3 is 5.97 Å². The van der Waals surface area contributed by atoms with Gasteiger partial charge in [0.25, 0.3) is 0 Å². The number of nitrogens with zero attached hydrogens (tertiary/aromatic N) is 1. The van der Waals surface area contributed by atoms with E-state index in [2.05, 4.69) is 5.32 Å². The van der Waals surface area contributed by atoms with Crippen molar-refractivity contribution < 1.29 is 19.4 Å². The summed E-state index contributed by atoms with van der Waals surface area (Å²) in [5, 5.41) is 12.0. The number of likely N-dealkylation sites (tertiary alicyclic amines) is 1. The van der Waals surface area contributed by atoms with Crippen LogP contribution in [0.15, 0.2) is 54.6 Å². The van der Waals surface area contributed by atoms with E-state index in [4.69, 9.17) is 9.84 Å². The van der Waals surface area contributed by atoms with Crippen molar-refractivity contribution in [3.8, 4) is 11.5 Å². The average molecular weight is 354 g/mol. The Hall–Kier alpha value is -2.86. The second-order valence-corrected chi connectivity index (χ2v) is 6.40. The van der Waals surface area contributed by atoms with Gasteiger partial charge in [-0.15, -0.1) is 0 Å². The first kappa shape index (κ1) is 17.9. The molecule has 2 atom stereocenters. The van der Waals surface area contributed by atoms with Crippen molar-refractivity contribution in [3.05, 3.63) is 54.6 Å². The van der Waals surface area contributed by atoms with Crippen LogP contribution >= 0.6 is 0 Å². The van der Waals surface area contributed by atoms with Gasteiger partial charge in [0, 0.05) is 6.54 Å². The maximum atomic E-state index is 12.6. The van der Waals surface area contributed by atoms with Crippen molar-refractivity contribution in [1.82, 2.24) is 4.90 Å². The van der Waals surface area contributed by atoms with Crippen LogP contribution in [0.3, 0.4) is 0 Å². The van der Waals surface area contributed by atoms with Crippen LogP contribution in [0.25, 0.3) is 0 Å². The number of carbonyl (C=O) groups is 2. The van der Waals surface area contributed by atoms with E-state index < -0.39 is 17.9 Å². The third-order valence-corrected chi connectivity index (χ3v) is 4.61. The summed E-state index contributed by atoms with van der Waals surface area (Å²) in [5.41, 5.74) is 0.585. The fourth-order valence-electron chi connectivity index (χ4n) is 3.02. The van der Waals surface area contributed by atoms with Gasteiger partial charge in [-0.1, -0.05) is 30.3 Å². The van der Waals surface area contributed by atoms with E-state index in [-0.39, 0.29) is 5.91 Å². The highest BCUT2D eigenvalue weighted by Gasteiger charge is 2.33. The van der Waals surface area contributed by atoms with E-state index in [1.165, 1.54) is 0 Å². The van der Waals surface area contributed by atoms with Gasteiger partial charge < -0.3 is 15.2 Å². The Bertz CT molecular complexity index is 778. The Labute approximate surface area is 152 Å². The number of hydrogen-bond donors (Lipinski definition) is 2. The van der Waals surface area contributed by atoms with Crippen LogP contribution in [0.2, 0.25) is 0 Å². The summed E-state index contributed by atoms with van der Waals surface area (Å²) in [6, 6.07) is 16.2. The normalized spacial score (nSPS) is 18.3. The number of benzene rings is 2. The molecular weight excluding hydrogens is 332 g/mol. The molecule has 0 radical (unpaired) electrons. The van der Waals surface area contributed by atoms with Crippen molar-refractivity contribution in [2.24, 2.45) is 5.92 Å². The Balaban J connectivity index is 1.67. The molecule has 6 heteroatoms. The highest BCUT2D eigenvalue weighted by Crippen LogP contribution is 2.29. The van der Waals surface area contributed by atoms with Crippen LogP contribution in [-0.2, 0) is 9.59 Å². The molecule has 0 bridgehead atoms. The Morgan fingerprint density at radius 2 is 1.85 bits per heavy atom. The van der Waals surface area contributed by atoms with E-state index >= 15 is 0 Å². The van der Waals surface area contributed by atoms with Crippen molar-refractivity contribution in [2.45, 2.75) is 19.4 Å². The van der Waals surface area contributed by atoms with Crippen LogP contribution in [0.4, 0.5) is 5.69 Å². The number of nitrogens with one attached hydrogen (secondary N) is 1. The smallest absolute Gasteiger partial charge is 0.307 e. The lowest BCUT2D eigenvalue weighted by molar-refractivity contribution is -0.141. The minimum atomic E-state index is -0.804. The topological polar surface area (TPSA) is 78.9 Å². The zero-order chi connectivity index (χ0) is 18.5. The fourth-order valence-corrected chi connectivity index (χ4v) is 3.02. The van der Waals surface area contributed by atoms with Crippen molar-refractivity contribution in [3.63, 3.8) is 0 Å². The Morgan fingerprint density at radius 3 is 2.54 bits per heavy atom. The minimum absolute atomic E-state index is 0.180. The summed E-state index contributed by atoms with van der Waals surface area (Å²) in [6.45, 7) is 2.79. The van der Waals surface area contributed by atoms with Gasteiger partial charge in [-0.3, -0.25) is 14.5 Å². The van der Waals surface area contributed by atoms with Gasteiger partial charge in [-0.2, -0.15) is 0 Å². The molecule has 3 rings (SSSR count). The summed E-state index contributed by atoms with van der Waals surface area (Å²) in [4.78, 5) is 25.6. The maximum Gasteiger partial charge on any atom is 0.307 e. The lowest BCUT2D eigenvalue weighted by Gasteiger charge is -2.23. The molecule has 0 saturated carbocycles. The number of aliphatic carboxylic acids is 1. The molecule has 2 aromatic rings. The molecule has 0 spiro atoms. The summed E-state index contributed by atoms with van der Waals surface area (Å²) >= 11 is 0. The fraction of sp³-hybridized carbons (Fsp3) is 0.300. The number of rotatable bonds is 6. The highest BCUT2D eigenvalue weighted by molar-refractivity contribution is 5.96. The summed E-state index contributed by atoms with van der Waals surface area (Å²) in [5.74, 6) is -0.143. The van der Waals surface area contributed by atoms with Gasteiger partial charge in [0.05, 0.1) is 17.6 Å². The summed E-state index contributed by atoms with van der Waals surface area (Å²) < 4.78 is 5.86. The molecule has 1 aliphatic rings. The lowest BCUT2D eigenvalue weighted by atomic mass is 10.1. The zero-order valence-electron chi connectivity index (χ0n) is 14.6. The summed E-state index contributed by atoms with van der Waals surface area (Å²) in [7, 11) is 0. The zero-order valence-corrected chi connectivity index (χ0v) is 14.6. The maximum absolute atomic E-state index is 12.6. The Kier molecular flexibility index (Phi) is 5.53. The average Bonchev–Trinajstić information content (AvgIpc) is 3.14. The molecule has 2 aromatic carbocycles. The van der Waals surface area contributed by atoms with Crippen LogP contribution in [0.1, 0.15) is 13.3 Å². The number of anilines is 1. The second kappa shape index (κ2) is 8.01. The van der Waals surface area contributed by atoms with Crippen LogP contribution < -0.4 is 10.1 Å². The monoisotopic (exact) mass is 354 g/mol. The van der Waals surface area contributed by atoms with E-state index in [0.717, 1.165) is 0 Å². The number of hydrogen-bond acceptors (Lipinski definition) is 4. The molecule has 1 amide bonds. The molecule has 136 valence electrons. The third kappa shape index (κ3) is 4.21. The highest BCUT2D eigenvalue weighted by atomic mass is 16.5. The number of carboxylic acid groups (broad SMARTS) is 1. The minimum Gasteiger partial charge on any atom is -0.481 e. The summed E-state index contributed by atoms with van der Waals surface area (Å²) in [6.07, 6.45) is 0.570. The van der Waals surface area contributed by atoms with E-state index in [0.29, 0.717) is 36.7 Å². The van der Waals surface area contributed by atoms with Gasteiger partial charge in [-0.25, -0.2) is 0 Å². The molecule has 6 nitrogen and oxygen atoms in total. The number of carbonyl (C=O) groups excluding carboxylic acids is 1. The molecular formula is C20H22N2O4. The predicted octanol–water partition coefficient (Wildman–Crippen LogP) is 3.21. The molecule has 0 aliphatic carbocycles. The second-order valence-electron chi connectivity index (χ2n) is 6.40. The third-order valence-electron chi connectivity index (χ3n) is 4.61. The molecule has 26 heavy (non-hydrogen) atoms.